The lowest BCUT2D eigenvalue weighted by atomic mass is 10.0. The number of rotatable bonds is 6. The number of aromatic nitrogens is 3. The summed E-state index contributed by atoms with van der Waals surface area (Å²) < 4.78 is 7.19. The molecule has 7 nitrogen and oxygen atoms in total. The highest BCUT2D eigenvalue weighted by molar-refractivity contribution is 8.00. The Morgan fingerprint density at radius 2 is 1.93 bits per heavy atom. The Morgan fingerprint density at radius 1 is 1.17 bits per heavy atom. The summed E-state index contributed by atoms with van der Waals surface area (Å²) >= 11 is 1.43. The zero-order valence-corrected chi connectivity index (χ0v) is 17.1. The normalized spacial score (nSPS) is 17.9. The quantitative estimate of drug-likeness (QED) is 0.647. The van der Waals surface area contributed by atoms with Crippen molar-refractivity contribution in [3.05, 3.63) is 66.0 Å². The maximum absolute atomic E-state index is 13.2. The predicted octanol–water partition coefficient (Wildman–Crippen LogP) is 3.64. The molecule has 0 radical (unpaired) electrons. The van der Waals surface area contributed by atoms with Crippen LogP contribution in [-0.4, -0.2) is 33.1 Å². The molecule has 0 bridgehead atoms. The van der Waals surface area contributed by atoms with Gasteiger partial charge < -0.3 is 15.5 Å². The number of nitrogens with zero attached hydrogens (tertiary/aromatic N) is 3. The second-order valence-electron chi connectivity index (χ2n) is 6.76. The Hall–Kier alpha value is -3.00. The van der Waals surface area contributed by atoms with E-state index in [9.17, 15) is 4.79 Å². The van der Waals surface area contributed by atoms with E-state index in [2.05, 4.69) is 27.9 Å². The zero-order chi connectivity index (χ0) is 20.2. The molecule has 1 amide bonds. The summed E-state index contributed by atoms with van der Waals surface area (Å²) in [5.74, 6) is 1.57. The zero-order valence-electron chi connectivity index (χ0n) is 16.3. The Balaban J connectivity index is 1.66. The second-order valence-corrected chi connectivity index (χ2v) is 7.87. The van der Waals surface area contributed by atoms with Crippen LogP contribution >= 0.6 is 11.8 Å². The molecular weight excluding hydrogens is 386 g/mol. The van der Waals surface area contributed by atoms with Crippen LogP contribution in [0, 0.1) is 0 Å². The van der Waals surface area contributed by atoms with Gasteiger partial charge in [0.05, 0.1) is 13.2 Å². The number of para-hydroxylation sites is 1. The van der Waals surface area contributed by atoms with E-state index in [1.807, 2.05) is 59.3 Å². The Labute approximate surface area is 173 Å². The number of nitrogens with one attached hydrogen (secondary N) is 2. The van der Waals surface area contributed by atoms with Gasteiger partial charge in [-0.2, -0.15) is 0 Å². The van der Waals surface area contributed by atoms with Gasteiger partial charge in [-0.3, -0.25) is 4.79 Å². The topological polar surface area (TPSA) is 81.1 Å². The molecule has 0 fully saturated rings. The largest absolute Gasteiger partial charge is 0.497 e. The van der Waals surface area contributed by atoms with Crippen molar-refractivity contribution in [2.45, 2.75) is 36.2 Å². The molecule has 1 aliphatic rings. The van der Waals surface area contributed by atoms with Crippen LogP contribution in [0.3, 0.4) is 0 Å². The van der Waals surface area contributed by atoms with Gasteiger partial charge in [0.15, 0.2) is 5.82 Å². The van der Waals surface area contributed by atoms with Crippen molar-refractivity contribution in [2.75, 3.05) is 17.9 Å². The van der Waals surface area contributed by atoms with E-state index in [0.29, 0.717) is 5.16 Å². The standard InChI is InChI=1S/C21H23N5O2S/c1-3-7-17-23-24-21-26(17)25-18(14-10-12-16(28-2)13-11-14)19(29-21)20(27)22-15-8-5-4-6-9-15/h4-6,8-13,18-19,25H,3,7H2,1-2H3,(H,22,27)/t18-,19+/m0/s1. The predicted molar refractivity (Wildman–Crippen MR) is 114 cm³/mol. The third-order valence-corrected chi connectivity index (χ3v) is 5.97. The number of methoxy groups -OCH3 is 1. The van der Waals surface area contributed by atoms with Crippen LogP contribution in [0.4, 0.5) is 5.69 Å². The van der Waals surface area contributed by atoms with E-state index in [4.69, 9.17) is 4.74 Å². The lowest BCUT2D eigenvalue weighted by Gasteiger charge is -2.33. The maximum Gasteiger partial charge on any atom is 0.240 e. The van der Waals surface area contributed by atoms with Gasteiger partial charge in [0.1, 0.15) is 11.0 Å². The fourth-order valence-corrected chi connectivity index (χ4v) is 4.38. The number of fused-ring (bicyclic) bond motifs is 1. The molecule has 2 aromatic carbocycles. The summed E-state index contributed by atoms with van der Waals surface area (Å²) in [6.07, 6.45) is 1.78. The molecular formula is C21H23N5O2S. The van der Waals surface area contributed by atoms with Gasteiger partial charge >= 0.3 is 0 Å². The first-order valence-corrected chi connectivity index (χ1v) is 10.4. The Morgan fingerprint density at radius 3 is 2.62 bits per heavy atom. The SMILES string of the molecule is CCCc1nnc2n1N[C@@H](c1ccc(OC)cc1)[C@H](C(=O)Nc1ccccc1)S2. The molecule has 0 aliphatic carbocycles. The number of thioether (sulfide) groups is 1. The van der Waals surface area contributed by atoms with Gasteiger partial charge in [-0.15, -0.1) is 10.2 Å². The number of aryl methyl sites for hydroxylation is 1. The molecule has 0 saturated carbocycles. The fraction of sp³-hybridized carbons (Fsp3) is 0.286. The van der Waals surface area contributed by atoms with Crippen LogP contribution in [0.2, 0.25) is 0 Å². The van der Waals surface area contributed by atoms with Crippen LogP contribution in [0.5, 0.6) is 5.75 Å². The molecule has 3 aromatic rings. The van der Waals surface area contributed by atoms with Crippen molar-refractivity contribution in [1.29, 1.82) is 0 Å². The fourth-order valence-electron chi connectivity index (χ4n) is 3.28. The van der Waals surface area contributed by atoms with E-state index >= 15 is 0 Å². The lowest BCUT2D eigenvalue weighted by molar-refractivity contribution is -0.116. The second kappa shape index (κ2) is 8.57. The van der Waals surface area contributed by atoms with Crippen molar-refractivity contribution in [3.63, 3.8) is 0 Å². The van der Waals surface area contributed by atoms with E-state index < -0.39 is 5.25 Å². The highest BCUT2D eigenvalue weighted by Crippen LogP contribution is 2.38. The summed E-state index contributed by atoms with van der Waals surface area (Å²) in [5.41, 5.74) is 5.23. The molecule has 8 heteroatoms. The van der Waals surface area contributed by atoms with Crippen LogP contribution in [0.1, 0.15) is 30.8 Å². The first-order valence-electron chi connectivity index (χ1n) is 9.57. The molecule has 4 rings (SSSR count). The highest BCUT2D eigenvalue weighted by atomic mass is 32.2. The Kier molecular flexibility index (Phi) is 5.71. The van der Waals surface area contributed by atoms with Gasteiger partial charge in [0.25, 0.3) is 0 Å². The monoisotopic (exact) mass is 409 g/mol. The number of hydrogen-bond donors (Lipinski definition) is 2. The maximum atomic E-state index is 13.2. The first kappa shape index (κ1) is 19.3. The summed E-state index contributed by atoms with van der Waals surface area (Å²) in [7, 11) is 1.64. The molecule has 0 saturated heterocycles. The van der Waals surface area contributed by atoms with Crippen LogP contribution < -0.4 is 15.5 Å². The smallest absolute Gasteiger partial charge is 0.240 e. The molecule has 1 aromatic heterocycles. The van der Waals surface area contributed by atoms with Crippen LogP contribution in [0.15, 0.2) is 59.8 Å². The molecule has 0 unspecified atom stereocenters. The average molecular weight is 410 g/mol. The molecule has 2 N–H and O–H groups in total. The average Bonchev–Trinajstić information content (AvgIpc) is 3.16. The van der Waals surface area contributed by atoms with Crippen molar-refractivity contribution in [3.8, 4) is 5.75 Å². The molecule has 2 atom stereocenters. The van der Waals surface area contributed by atoms with Gasteiger partial charge in [-0.25, -0.2) is 4.68 Å². The minimum Gasteiger partial charge on any atom is -0.497 e. The summed E-state index contributed by atoms with van der Waals surface area (Å²) in [5, 5.41) is 11.9. The molecule has 1 aliphatic heterocycles. The third-order valence-electron chi connectivity index (χ3n) is 4.75. The van der Waals surface area contributed by atoms with Gasteiger partial charge in [-0.1, -0.05) is 49.0 Å². The van der Waals surface area contributed by atoms with Crippen molar-refractivity contribution < 1.29 is 9.53 Å². The number of amides is 1. The van der Waals surface area contributed by atoms with E-state index in [0.717, 1.165) is 35.7 Å². The minimum atomic E-state index is -0.408. The first-order chi connectivity index (χ1) is 14.2. The number of hydrogen-bond acceptors (Lipinski definition) is 6. The number of benzene rings is 2. The lowest BCUT2D eigenvalue weighted by Crippen LogP contribution is -2.41. The molecule has 0 spiro atoms. The Bertz CT molecular complexity index is 974. The molecule has 150 valence electrons. The van der Waals surface area contributed by atoms with Gasteiger partial charge in [0.2, 0.25) is 11.1 Å². The van der Waals surface area contributed by atoms with Crippen molar-refractivity contribution in [2.24, 2.45) is 0 Å². The van der Waals surface area contributed by atoms with Crippen LogP contribution in [0.25, 0.3) is 0 Å². The summed E-state index contributed by atoms with van der Waals surface area (Å²) in [6, 6.07) is 17.0. The van der Waals surface area contributed by atoms with E-state index in [1.54, 1.807) is 7.11 Å². The molecule has 2 heterocycles. The van der Waals surface area contributed by atoms with Crippen LogP contribution in [-0.2, 0) is 11.2 Å². The van der Waals surface area contributed by atoms with Gasteiger partial charge in [0, 0.05) is 12.1 Å². The number of carbonyl (C=O) groups is 1. The van der Waals surface area contributed by atoms with Gasteiger partial charge in [-0.05, 0) is 36.2 Å². The van der Waals surface area contributed by atoms with E-state index in [1.165, 1.54) is 11.8 Å². The molecule has 29 heavy (non-hydrogen) atoms. The number of anilines is 1. The van der Waals surface area contributed by atoms with Crippen molar-refractivity contribution >= 4 is 23.4 Å². The minimum absolute atomic E-state index is 0.0826. The number of ether oxygens (including phenoxy) is 1. The summed E-state index contributed by atoms with van der Waals surface area (Å²) in [6.45, 7) is 2.11. The van der Waals surface area contributed by atoms with Crippen molar-refractivity contribution in [1.82, 2.24) is 14.9 Å². The third kappa shape index (κ3) is 4.07. The summed E-state index contributed by atoms with van der Waals surface area (Å²) in [4.78, 5) is 13.2. The number of carbonyl (C=O) groups excluding carboxylic acids is 1. The highest BCUT2D eigenvalue weighted by Gasteiger charge is 2.37. The van der Waals surface area contributed by atoms with E-state index in [-0.39, 0.29) is 11.9 Å².